The number of nitro groups is 1. The molecular formula is C16H20N2O7. The average molecular weight is 352 g/mol. The van der Waals surface area contributed by atoms with E-state index in [2.05, 4.69) is 0 Å². The smallest absolute Gasteiger partial charge is 0.311 e. The summed E-state index contributed by atoms with van der Waals surface area (Å²) in [5.74, 6) is -1.26. The second-order valence-electron chi connectivity index (χ2n) is 6.18. The third kappa shape index (κ3) is 3.49. The number of likely N-dealkylation sites (tertiary alicyclic amines) is 1. The van der Waals surface area contributed by atoms with Gasteiger partial charge < -0.3 is 19.5 Å². The van der Waals surface area contributed by atoms with Gasteiger partial charge in [0.15, 0.2) is 11.5 Å². The first-order chi connectivity index (χ1) is 11.7. The fourth-order valence-electron chi connectivity index (χ4n) is 2.95. The fraction of sp³-hybridized carbons (Fsp3) is 0.500. The number of benzene rings is 1. The molecule has 1 N–H and O–H groups in total. The molecule has 0 spiro atoms. The molecule has 1 saturated heterocycles. The summed E-state index contributed by atoms with van der Waals surface area (Å²) < 4.78 is 10.2. The molecule has 9 heteroatoms. The van der Waals surface area contributed by atoms with Gasteiger partial charge in [-0.05, 0) is 19.8 Å². The number of nitrogens with zero attached hydrogens (tertiary/aromatic N) is 2. The Hall–Kier alpha value is -2.84. The molecule has 1 aromatic carbocycles. The number of carboxylic acids is 1. The Balaban J connectivity index is 2.44. The number of carbonyl (C=O) groups is 2. The zero-order valence-corrected chi connectivity index (χ0v) is 14.3. The lowest BCUT2D eigenvalue weighted by Crippen LogP contribution is -2.48. The van der Waals surface area contributed by atoms with E-state index in [1.54, 1.807) is 6.92 Å². The Kier molecular flexibility index (Phi) is 5.15. The van der Waals surface area contributed by atoms with Gasteiger partial charge in [0, 0.05) is 19.2 Å². The van der Waals surface area contributed by atoms with Crippen molar-refractivity contribution < 1.29 is 29.1 Å². The van der Waals surface area contributed by atoms with E-state index in [0.717, 1.165) is 6.07 Å². The van der Waals surface area contributed by atoms with Crippen LogP contribution in [-0.2, 0) is 4.79 Å². The summed E-state index contributed by atoms with van der Waals surface area (Å²) in [5.41, 5.74) is -1.64. The number of nitro benzene ring substituents is 1. The number of carboxylic acid groups (broad SMARTS) is 1. The third-order valence-corrected chi connectivity index (χ3v) is 4.43. The van der Waals surface area contributed by atoms with E-state index in [-0.39, 0.29) is 23.6 Å². The minimum absolute atomic E-state index is 0.00728. The Morgan fingerprint density at radius 1 is 1.28 bits per heavy atom. The standard InChI is InChI=1S/C16H20N2O7/c1-16(15(20)21)5-4-6-17(9-16)14(19)10-7-12(24-2)13(25-3)8-11(10)18(22)23/h7-8H,4-6,9H2,1-3H3,(H,20,21). The van der Waals surface area contributed by atoms with Crippen LogP contribution in [0.3, 0.4) is 0 Å². The van der Waals surface area contributed by atoms with Gasteiger partial charge in [-0.15, -0.1) is 0 Å². The predicted octanol–water partition coefficient (Wildman–Crippen LogP) is 1.94. The van der Waals surface area contributed by atoms with Crippen molar-refractivity contribution in [1.82, 2.24) is 4.90 Å². The van der Waals surface area contributed by atoms with E-state index in [9.17, 15) is 24.8 Å². The Morgan fingerprint density at radius 3 is 2.40 bits per heavy atom. The largest absolute Gasteiger partial charge is 0.493 e. The van der Waals surface area contributed by atoms with Crippen molar-refractivity contribution in [1.29, 1.82) is 0 Å². The lowest BCUT2D eigenvalue weighted by atomic mass is 9.82. The fourth-order valence-corrected chi connectivity index (χ4v) is 2.95. The number of hydrogen-bond acceptors (Lipinski definition) is 6. The van der Waals surface area contributed by atoms with Crippen LogP contribution in [0.4, 0.5) is 5.69 Å². The molecule has 1 fully saturated rings. The number of carbonyl (C=O) groups excluding carboxylic acids is 1. The first-order valence-electron chi connectivity index (χ1n) is 7.66. The van der Waals surface area contributed by atoms with Crippen LogP contribution in [0.15, 0.2) is 12.1 Å². The molecule has 1 aromatic rings. The van der Waals surface area contributed by atoms with Crippen LogP contribution in [0.5, 0.6) is 11.5 Å². The summed E-state index contributed by atoms with van der Waals surface area (Å²) in [6.45, 7) is 1.90. The van der Waals surface area contributed by atoms with Gasteiger partial charge in [-0.1, -0.05) is 0 Å². The molecule has 2 rings (SSSR count). The van der Waals surface area contributed by atoms with E-state index in [4.69, 9.17) is 9.47 Å². The van der Waals surface area contributed by atoms with Crippen molar-refractivity contribution in [2.45, 2.75) is 19.8 Å². The van der Waals surface area contributed by atoms with Crippen LogP contribution in [0, 0.1) is 15.5 Å². The van der Waals surface area contributed by atoms with Crippen LogP contribution < -0.4 is 9.47 Å². The minimum Gasteiger partial charge on any atom is -0.493 e. The number of aliphatic carboxylic acids is 1. The van der Waals surface area contributed by atoms with Gasteiger partial charge in [0.1, 0.15) is 5.56 Å². The Labute approximate surface area is 144 Å². The number of methoxy groups -OCH3 is 2. The van der Waals surface area contributed by atoms with Crippen LogP contribution in [0.25, 0.3) is 0 Å². The second kappa shape index (κ2) is 6.96. The highest BCUT2D eigenvalue weighted by atomic mass is 16.6. The SMILES string of the molecule is COc1cc(C(=O)N2CCCC(C)(C(=O)O)C2)c([N+](=O)[O-])cc1OC. The van der Waals surface area contributed by atoms with E-state index >= 15 is 0 Å². The van der Waals surface area contributed by atoms with Gasteiger partial charge in [-0.25, -0.2) is 0 Å². The minimum atomic E-state index is -1.07. The lowest BCUT2D eigenvalue weighted by Gasteiger charge is -2.37. The van der Waals surface area contributed by atoms with Crippen LogP contribution in [0.1, 0.15) is 30.1 Å². The van der Waals surface area contributed by atoms with Crippen molar-refractivity contribution in [3.8, 4) is 11.5 Å². The molecule has 0 aromatic heterocycles. The average Bonchev–Trinajstić information content (AvgIpc) is 2.59. The molecule has 9 nitrogen and oxygen atoms in total. The number of piperidine rings is 1. The summed E-state index contributed by atoms with van der Waals surface area (Å²) in [4.78, 5) is 36.3. The molecule has 0 saturated carbocycles. The molecular weight excluding hydrogens is 332 g/mol. The van der Waals surface area contributed by atoms with Gasteiger partial charge in [-0.2, -0.15) is 0 Å². The summed E-state index contributed by atoms with van der Waals surface area (Å²) in [6, 6.07) is 2.39. The van der Waals surface area contributed by atoms with Crippen molar-refractivity contribution in [2.75, 3.05) is 27.3 Å². The molecule has 1 amide bonds. The highest BCUT2D eigenvalue weighted by Crippen LogP contribution is 2.36. The van der Waals surface area contributed by atoms with E-state index in [0.29, 0.717) is 19.4 Å². The number of ether oxygens (including phenoxy) is 2. The summed E-state index contributed by atoms with van der Waals surface area (Å²) >= 11 is 0. The molecule has 25 heavy (non-hydrogen) atoms. The quantitative estimate of drug-likeness (QED) is 0.635. The zero-order chi connectivity index (χ0) is 18.8. The summed E-state index contributed by atoms with van der Waals surface area (Å²) in [5, 5.41) is 20.7. The third-order valence-electron chi connectivity index (χ3n) is 4.43. The van der Waals surface area contributed by atoms with Gasteiger partial charge in [0.2, 0.25) is 0 Å². The molecule has 1 aliphatic heterocycles. The number of hydrogen-bond donors (Lipinski definition) is 1. The molecule has 1 unspecified atom stereocenters. The van der Waals surface area contributed by atoms with Crippen molar-refractivity contribution in [3.63, 3.8) is 0 Å². The maximum atomic E-state index is 12.8. The van der Waals surface area contributed by atoms with Crippen molar-refractivity contribution in [3.05, 3.63) is 27.8 Å². The monoisotopic (exact) mass is 352 g/mol. The molecule has 136 valence electrons. The molecule has 0 bridgehead atoms. The van der Waals surface area contributed by atoms with Crippen molar-refractivity contribution >= 4 is 17.6 Å². The normalized spacial score (nSPS) is 20.0. The Bertz CT molecular complexity index is 719. The van der Waals surface area contributed by atoms with E-state index < -0.39 is 27.9 Å². The van der Waals surface area contributed by atoms with Crippen LogP contribution in [0.2, 0.25) is 0 Å². The first kappa shape index (κ1) is 18.5. The number of amides is 1. The summed E-state index contributed by atoms with van der Waals surface area (Å²) in [7, 11) is 2.70. The lowest BCUT2D eigenvalue weighted by molar-refractivity contribution is -0.385. The van der Waals surface area contributed by atoms with E-state index in [1.807, 2.05) is 0 Å². The highest BCUT2D eigenvalue weighted by Gasteiger charge is 2.40. The Morgan fingerprint density at radius 2 is 1.88 bits per heavy atom. The number of rotatable bonds is 5. The molecule has 1 atom stereocenters. The van der Waals surface area contributed by atoms with Gasteiger partial charge in [0.05, 0.1) is 30.6 Å². The molecule has 0 radical (unpaired) electrons. The predicted molar refractivity (Wildman–Crippen MR) is 87.1 cm³/mol. The second-order valence-corrected chi connectivity index (χ2v) is 6.18. The van der Waals surface area contributed by atoms with Gasteiger partial charge in [0.25, 0.3) is 11.6 Å². The molecule has 1 aliphatic rings. The first-order valence-corrected chi connectivity index (χ1v) is 7.66. The molecule has 1 heterocycles. The zero-order valence-electron chi connectivity index (χ0n) is 14.3. The van der Waals surface area contributed by atoms with Crippen molar-refractivity contribution in [2.24, 2.45) is 5.41 Å². The van der Waals surface area contributed by atoms with Gasteiger partial charge in [-0.3, -0.25) is 19.7 Å². The van der Waals surface area contributed by atoms with Gasteiger partial charge >= 0.3 is 5.97 Å². The molecule has 0 aliphatic carbocycles. The highest BCUT2D eigenvalue weighted by molar-refractivity contribution is 5.99. The maximum Gasteiger partial charge on any atom is 0.311 e. The van der Waals surface area contributed by atoms with Crippen LogP contribution >= 0.6 is 0 Å². The van der Waals surface area contributed by atoms with Crippen LogP contribution in [-0.4, -0.2) is 54.1 Å². The maximum absolute atomic E-state index is 12.8. The topological polar surface area (TPSA) is 119 Å². The summed E-state index contributed by atoms with van der Waals surface area (Å²) in [6.07, 6.45) is 0.954. The van der Waals surface area contributed by atoms with E-state index in [1.165, 1.54) is 25.2 Å².